The summed E-state index contributed by atoms with van der Waals surface area (Å²) in [4.78, 5) is 22.0. The van der Waals surface area contributed by atoms with Crippen molar-refractivity contribution < 1.29 is 24.2 Å². The van der Waals surface area contributed by atoms with E-state index in [9.17, 15) is 9.59 Å². The van der Waals surface area contributed by atoms with E-state index < -0.39 is 23.8 Å². The Kier molecular flexibility index (Phi) is 2.38. The second-order valence-electron chi connectivity index (χ2n) is 4.29. The third-order valence-electron chi connectivity index (χ3n) is 2.70. The van der Waals surface area contributed by atoms with E-state index in [2.05, 4.69) is 5.32 Å². The molecule has 0 spiro atoms. The van der Waals surface area contributed by atoms with E-state index in [1.54, 1.807) is 13.8 Å². The number of carbonyl (C=O) groups is 2. The summed E-state index contributed by atoms with van der Waals surface area (Å²) in [6.07, 6.45) is -0.227. The molecule has 0 radical (unpaired) electrons. The maximum Gasteiger partial charge on any atom is 0.514 e. The molecule has 2 aliphatic rings. The zero-order chi connectivity index (χ0) is 11.9. The molecule has 0 saturated carbocycles. The second kappa shape index (κ2) is 3.48. The van der Waals surface area contributed by atoms with Crippen molar-refractivity contribution in [2.75, 3.05) is 6.54 Å². The zero-order valence-electron chi connectivity index (χ0n) is 9.07. The molecule has 2 N–H and O–H groups in total. The molecule has 0 aliphatic carbocycles. The molecule has 2 rings (SSSR count). The third kappa shape index (κ3) is 1.65. The van der Waals surface area contributed by atoms with Crippen molar-refractivity contribution in [1.29, 1.82) is 0 Å². The van der Waals surface area contributed by atoms with Crippen LogP contribution >= 0.6 is 0 Å². The molecule has 0 bridgehead atoms. The van der Waals surface area contributed by atoms with Gasteiger partial charge in [-0.1, -0.05) is 0 Å². The van der Waals surface area contributed by atoms with Gasteiger partial charge in [-0.05, 0) is 20.3 Å². The highest BCUT2D eigenvalue weighted by Gasteiger charge is 2.44. The molecular weight excluding hydrogens is 214 g/mol. The minimum absolute atomic E-state index is 0.329. The highest BCUT2D eigenvalue weighted by atomic mass is 16.8. The van der Waals surface area contributed by atoms with Gasteiger partial charge in [0.15, 0.2) is 11.4 Å². The molecule has 0 aromatic heterocycles. The number of hydrogen-bond donors (Lipinski definition) is 2. The van der Waals surface area contributed by atoms with E-state index in [0.717, 1.165) is 0 Å². The highest BCUT2D eigenvalue weighted by molar-refractivity contribution is 5.79. The fraction of sp³-hybridized carbons (Fsp3) is 0.600. The van der Waals surface area contributed by atoms with Crippen molar-refractivity contribution in [3.05, 3.63) is 11.3 Å². The number of hydrogen-bond acceptors (Lipinski definition) is 5. The number of cyclic esters (lactones) is 2. The molecule has 0 aromatic carbocycles. The average molecular weight is 227 g/mol. The molecule has 16 heavy (non-hydrogen) atoms. The molecule has 2 fully saturated rings. The van der Waals surface area contributed by atoms with Gasteiger partial charge in [0.1, 0.15) is 6.04 Å². The predicted octanol–water partition coefficient (Wildman–Crippen LogP) is 0.632. The molecule has 0 aromatic rings. The van der Waals surface area contributed by atoms with Gasteiger partial charge in [-0.25, -0.2) is 4.79 Å². The molecule has 2 heterocycles. The summed E-state index contributed by atoms with van der Waals surface area (Å²) in [6.45, 7) is 3.92. The maximum atomic E-state index is 11.1. The van der Waals surface area contributed by atoms with Gasteiger partial charge in [-0.15, -0.1) is 0 Å². The molecule has 88 valence electrons. The van der Waals surface area contributed by atoms with E-state index >= 15 is 0 Å². The summed E-state index contributed by atoms with van der Waals surface area (Å²) < 4.78 is 9.92. The first-order valence-electron chi connectivity index (χ1n) is 5.02. The normalized spacial score (nSPS) is 32.4. The minimum atomic E-state index is -0.973. The smallest absolute Gasteiger partial charge is 0.480 e. The van der Waals surface area contributed by atoms with Crippen LogP contribution in [0, 0.1) is 0 Å². The number of aliphatic carboxylic acids is 1. The van der Waals surface area contributed by atoms with Gasteiger partial charge in [0.2, 0.25) is 0 Å². The molecule has 0 amide bonds. The lowest BCUT2D eigenvalue weighted by molar-refractivity contribution is -0.138. The maximum absolute atomic E-state index is 11.1. The van der Waals surface area contributed by atoms with Gasteiger partial charge in [-0.2, -0.15) is 0 Å². The number of nitrogens with one attached hydrogen (secondary N) is 1. The monoisotopic (exact) mass is 227 g/mol. The van der Waals surface area contributed by atoms with Crippen LogP contribution in [0.2, 0.25) is 0 Å². The van der Waals surface area contributed by atoms with Crippen LogP contribution in [0.5, 0.6) is 0 Å². The third-order valence-corrected chi connectivity index (χ3v) is 2.70. The van der Waals surface area contributed by atoms with Crippen LogP contribution in [-0.4, -0.2) is 35.4 Å². The van der Waals surface area contributed by atoms with Crippen molar-refractivity contribution >= 4 is 12.1 Å². The lowest BCUT2D eigenvalue weighted by Gasteiger charge is -2.18. The van der Waals surface area contributed by atoms with Crippen molar-refractivity contribution in [2.24, 2.45) is 0 Å². The largest absolute Gasteiger partial charge is 0.514 e. The van der Waals surface area contributed by atoms with Gasteiger partial charge < -0.3 is 19.9 Å². The van der Waals surface area contributed by atoms with E-state index in [1.807, 2.05) is 0 Å². The van der Waals surface area contributed by atoms with Crippen molar-refractivity contribution in [3.8, 4) is 0 Å². The van der Waals surface area contributed by atoms with Gasteiger partial charge in [0.05, 0.1) is 0 Å². The second-order valence-corrected chi connectivity index (χ2v) is 4.29. The van der Waals surface area contributed by atoms with E-state index in [0.29, 0.717) is 24.3 Å². The van der Waals surface area contributed by atoms with Crippen LogP contribution in [0.25, 0.3) is 0 Å². The number of carboxylic acids is 1. The van der Waals surface area contributed by atoms with E-state index in [1.165, 1.54) is 0 Å². The summed E-state index contributed by atoms with van der Waals surface area (Å²) >= 11 is 0. The fourth-order valence-electron chi connectivity index (χ4n) is 2.03. The lowest BCUT2D eigenvalue weighted by atomic mass is 9.97. The Balaban J connectivity index is 2.40. The molecule has 6 heteroatoms. The van der Waals surface area contributed by atoms with Crippen molar-refractivity contribution in [3.63, 3.8) is 0 Å². The first-order chi connectivity index (χ1) is 7.42. The van der Waals surface area contributed by atoms with Crippen molar-refractivity contribution in [2.45, 2.75) is 31.9 Å². The van der Waals surface area contributed by atoms with Crippen LogP contribution < -0.4 is 5.32 Å². The lowest BCUT2D eigenvalue weighted by Crippen LogP contribution is -2.34. The number of ether oxygens (including phenoxy) is 2. The van der Waals surface area contributed by atoms with Crippen molar-refractivity contribution in [1.82, 2.24) is 5.32 Å². The highest BCUT2D eigenvalue weighted by Crippen LogP contribution is 2.35. The zero-order valence-corrected chi connectivity index (χ0v) is 9.07. The average Bonchev–Trinajstić information content (AvgIpc) is 2.68. The summed E-state index contributed by atoms with van der Waals surface area (Å²) in [5.74, 6) is -0.645. The van der Waals surface area contributed by atoms with Crippen LogP contribution in [0.4, 0.5) is 4.79 Å². The SMILES string of the molecule is CC1(C)OC(=O)OC1=C1CCN[C@@H]1C(=O)O. The Morgan fingerprint density at radius 2 is 2.25 bits per heavy atom. The van der Waals surface area contributed by atoms with Gasteiger partial charge in [0.25, 0.3) is 0 Å². The molecule has 0 unspecified atom stereocenters. The summed E-state index contributed by atoms with van der Waals surface area (Å²) in [7, 11) is 0. The molecule has 2 aliphatic heterocycles. The number of carboxylic acid groups (broad SMARTS) is 1. The van der Waals surface area contributed by atoms with Gasteiger partial charge >= 0.3 is 12.1 Å². The van der Waals surface area contributed by atoms with E-state index in [-0.39, 0.29) is 0 Å². The Morgan fingerprint density at radius 1 is 1.56 bits per heavy atom. The standard InChI is InChI=1S/C10H13NO5/c1-10(2)7(15-9(14)16-10)5-3-4-11-6(5)8(12)13/h6,11H,3-4H2,1-2H3,(H,12,13)/t6-/m0/s1. The van der Waals surface area contributed by atoms with Gasteiger partial charge in [0, 0.05) is 12.1 Å². The molecule has 6 nitrogen and oxygen atoms in total. The van der Waals surface area contributed by atoms with Crippen LogP contribution in [0.1, 0.15) is 20.3 Å². The summed E-state index contributed by atoms with van der Waals surface area (Å²) in [6, 6.07) is -0.788. The number of rotatable bonds is 1. The van der Waals surface area contributed by atoms with Crippen LogP contribution in [-0.2, 0) is 14.3 Å². The Bertz CT molecular complexity index is 385. The predicted molar refractivity (Wildman–Crippen MR) is 52.7 cm³/mol. The van der Waals surface area contributed by atoms with Gasteiger partial charge in [-0.3, -0.25) is 4.79 Å². The Hall–Kier alpha value is -1.56. The minimum Gasteiger partial charge on any atom is -0.480 e. The van der Waals surface area contributed by atoms with Crippen LogP contribution in [0.15, 0.2) is 11.3 Å². The molecule has 1 atom stereocenters. The number of carbonyl (C=O) groups excluding carboxylic acids is 1. The van der Waals surface area contributed by atoms with Crippen LogP contribution in [0.3, 0.4) is 0 Å². The Morgan fingerprint density at radius 3 is 2.75 bits per heavy atom. The Labute approximate surface area is 92.2 Å². The summed E-state index contributed by atoms with van der Waals surface area (Å²) in [5, 5.41) is 11.8. The first-order valence-corrected chi connectivity index (χ1v) is 5.02. The quantitative estimate of drug-likeness (QED) is 0.639. The molecule has 2 saturated heterocycles. The topological polar surface area (TPSA) is 84.9 Å². The first kappa shape index (κ1) is 10.9. The molecular formula is C10H13NO5. The van der Waals surface area contributed by atoms with E-state index in [4.69, 9.17) is 14.6 Å². The summed E-state index contributed by atoms with van der Waals surface area (Å²) in [5.41, 5.74) is -0.296. The fourth-order valence-corrected chi connectivity index (χ4v) is 2.03.